The Bertz CT molecular complexity index is 564. The van der Waals surface area contributed by atoms with Gasteiger partial charge in [0.2, 0.25) is 0 Å². The van der Waals surface area contributed by atoms with E-state index in [9.17, 15) is 4.79 Å². The molecular weight excluding hydrogens is 342 g/mol. The second-order valence-corrected chi connectivity index (χ2v) is 6.84. The Morgan fingerprint density at radius 3 is 2.84 bits per heavy atom. The van der Waals surface area contributed by atoms with E-state index in [1.165, 1.54) is 0 Å². The lowest BCUT2D eigenvalue weighted by Crippen LogP contribution is -2.44. The number of urea groups is 1. The lowest BCUT2D eigenvalue weighted by Gasteiger charge is -2.28. The molecule has 6 nitrogen and oxygen atoms in total. The molecule has 2 amide bonds. The van der Waals surface area contributed by atoms with Gasteiger partial charge in [-0.25, -0.2) is 4.79 Å². The quantitative estimate of drug-likeness (QED) is 0.802. The number of rotatable bonds is 7. The van der Waals surface area contributed by atoms with Crippen LogP contribution in [0.15, 0.2) is 18.2 Å². The van der Waals surface area contributed by atoms with Gasteiger partial charge in [0.25, 0.3) is 0 Å². The molecule has 2 rings (SSSR count). The molecule has 1 aliphatic heterocycles. The Balaban J connectivity index is 1.80. The second kappa shape index (κ2) is 9.85. The summed E-state index contributed by atoms with van der Waals surface area (Å²) >= 11 is 6.05. The number of morpholine rings is 1. The summed E-state index contributed by atoms with van der Waals surface area (Å²) in [4.78, 5) is 16.4. The molecule has 1 aliphatic rings. The van der Waals surface area contributed by atoms with E-state index >= 15 is 0 Å². The number of ether oxygens (including phenoxy) is 2. The highest BCUT2D eigenvalue weighted by atomic mass is 35.5. The summed E-state index contributed by atoms with van der Waals surface area (Å²) in [6.07, 6.45) is 0.917. The topological polar surface area (TPSA) is 54.0 Å². The average Bonchev–Trinajstić information content (AvgIpc) is 2.61. The number of methoxy groups -OCH3 is 1. The van der Waals surface area contributed by atoms with Crippen LogP contribution in [0.25, 0.3) is 0 Å². The summed E-state index contributed by atoms with van der Waals surface area (Å²) in [7, 11) is 3.38. The minimum atomic E-state index is -0.100. The van der Waals surface area contributed by atoms with Gasteiger partial charge < -0.3 is 19.7 Å². The van der Waals surface area contributed by atoms with Crippen molar-refractivity contribution in [2.45, 2.75) is 25.9 Å². The Kier molecular flexibility index (Phi) is 7.81. The molecule has 0 unspecified atom stereocenters. The fourth-order valence-corrected chi connectivity index (χ4v) is 2.99. The van der Waals surface area contributed by atoms with E-state index in [1.807, 2.05) is 19.1 Å². The second-order valence-electron chi connectivity index (χ2n) is 6.41. The van der Waals surface area contributed by atoms with Gasteiger partial charge in [-0.2, -0.15) is 0 Å². The van der Waals surface area contributed by atoms with E-state index < -0.39 is 0 Å². The van der Waals surface area contributed by atoms with Crippen LogP contribution >= 0.6 is 11.6 Å². The van der Waals surface area contributed by atoms with Gasteiger partial charge in [-0.05, 0) is 31.5 Å². The molecular formula is C18H28ClN3O3. The fraction of sp³-hybridized carbons (Fsp3) is 0.611. The number of halogens is 1. The van der Waals surface area contributed by atoms with Gasteiger partial charge in [0.15, 0.2) is 0 Å². The van der Waals surface area contributed by atoms with Crippen LogP contribution in [0.3, 0.4) is 0 Å². The van der Waals surface area contributed by atoms with Crippen LogP contribution in [0.2, 0.25) is 5.02 Å². The summed E-state index contributed by atoms with van der Waals surface area (Å²) in [6, 6.07) is 5.42. The first-order valence-electron chi connectivity index (χ1n) is 8.63. The van der Waals surface area contributed by atoms with Crippen LogP contribution in [-0.2, 0) is 11.3 Å². The van der Waals surface area contributed by atoms with Crippen molar-refractivity contribution < 1.29 is 14.3 Å². The highest BCUT2D eigenvalue weighted by Crippen LogP contribution is 2.23. The smallest absolute Gasteiger partial charge is 0.317 e. The number of carbonyl (C=O) groups is 1. The molecule has 1 saturated heterocycles. The first-order chi connectivity index (χ1) is 12.0. The monoisotopic (exact) mass is 369 g/mol. The number of carbonyl (C=O) groups excluding carboxylic acids is 1. The number of nitrogens with one attached hydrogen (secondary N) is 1. The minimum Gasteiger partial charge on any atom is -0.496 e. The van der Waals surface area contributed by atoms with Gasteiger partial charge in [-0.3, -0.25) is 4.90 Å². The molecule has 0 aliphatic carbocycles. The summed E-state index contributed by atoms with van der Waals surface area (Å²) < 4.78 is 10.7. The molecule has 0 radical (unpaired) electrons. The molecule has 7 heteroatoms. The van der Waals surface area contributed by atoms with E-state index in [1.54, 1.807) is 25.1 Å². The number of hydrogen-bond acceptors (Lipinski definition) is 4. The molecule has 0 aromatic heterocycles. The van der Waals surface area contributed by atoms with Gasteiger partial charge in [0, 0.05) is 43.3 Å². The largest absolute Gasteiger partial charge is 0.496 e. The van der Waals surface area contributed by atoms with E-state index in [0.29, 0.717) is 11.6 Å². The first-order valence-corrected chi connectivity index (χ1v) is 9.01. The Labute approximate surface area is 155 Å². The van der Waals surface area contributed by atoms with Crippen molar-refractivity contribution in [2.75, 3.05) is 47.0 Å². The summed E-state index contributed by atoms with van der Waals surface area (Å²) in [6.45, 7) is 6.97. The highest BCUT2D eigenvalue weighted by Gasteiger charge is 2.16. The predicted molar refractivity (Wildman–Crippen MR) is 99.3 cm³/mol. The molecule has 1 heterocycles. The standard InChI is InChI=1S/C18H28ClN3O3/c1-14(6-7-22-8-10-25-11-9-22)20-18(23)21(2)13-15-12-16(19)4-5-17(15)24-3/h4-5,12,14H,6-11,13H2,1-3H3,(H,20,23)/t14-/m1/s1. The maximum absolute atomic E-state index is 12.4. The number of hydrogen-bond donors (Lipinski definition) is 1. The molecule has 0 saturated carbocycles. The van der Waals surface area contributed by atoms with E-state index in [2.05, 4.69) is 10.2 Å². The Morgan fingerprint density at radius 1 is 1.44 bits per heavy atom. The van der Waals surface area contributed by atoms with Crippen LogP contribution < -0.4 is 10.1 Å². The van der Waals surface area contributed by atoms with Gasteiger partial charge in [-0.1, -0.05) is 11.6 Å². The van der Waals surface area contributed by atoms with Crippen molar-refractivity contribution in [1.82, 2.24) is 15.1 Å². The van der Waals surface area contributed by atoms with Gasteiger partial charge >= 0.3 is 6.03 Å². The molecule has 1 aromatic carbocycles. The Morgan fingerprint density at radius 2 is 2.16 bits per heavy atom. The lowest BCUT2D eigenvalue weighted by molar-refractivity contribution is 0.0364. The zero-order valence-corrected chi connectivity index (χ0v) is 16.0. The molecule has 1 aromatic rings. The van der Waals surface area contributed by atoms with E-state index in [4.69, 9.17) is 21.1 Å². The molecule has 1 fully saturated rings. The van der Waals surface area contributed by atoms with Crippen LogP contribution in [0.4, 0.5) is 4.79 Å². The fourth-order valence-electron chi connectivity index (χ4n) is 2.79. The van der Waals surface area contributed by atoms with Crippen molar-refractivity contribution in [3.63, 3.8) is 0 Å². The van der Waals surface area contributed by atoms with Crippen LogP contribution in [-0.4, -0.2) is 68.9 Å². The van der Waals surface area contributed by atoms with Crippen molar-refractivity contribution in [3.8, 4) is 5.75 Å². The van der Waals surface area contributed by atoms with Crippen molar-refractivity contribution in [3.05, 3.63) is 28.8 Å². The molecule has 25 heavy (non-hydrogen) atoms. The van der Waals surface area contributed by atoms with Gasteiger partial charge in [-0.15, -0.1) is 0 Å². The maximum Gasteiger partial charge on any atom is 0.317 e. The third kappa shape index (κ3) is 6.38. The number of amides is 2. The first kappa shape index (κ1) is 19.8. The van der Waals surface area contributed by atoms with E-state index in [0.717, 1.165) is 50.6 Å². The van der Waals surface area contributed by atoms with Crippen LogP contribution in [0, 0.1) is 0 Å². The van der Waals surface area contributed by atoms with E-state index in [-0.39, 0.29) is 12.1 Å². The third-order valence-electron chi connectivity index (χ3n) is 4.35. The molecule has 140 valence electrons. The number of benzene rings is 1. The summed E-state index contributed by atoms with van der Waals surface area (Å²) in [5, 5.41) is 3.68. The summed E-state index contributed by atoms with van der Waals surface area (Å²) in [5.74, 6) is 0.726. The Hall–Kier alpha value is -1.50. The maximum atomic E-state index is 12.4. The van der Waals surface area contributed by atoms with Gasteiger partial charge in [0.05, 0.1) is 26.9 Å². The van der Waals surface area contributed by atoms with Crippen LogP contribution in [0.5, 0.6) is 5.75 Å². The zero-order valence-electron chi connectivity index (χ0n) is 15.3. The normalized spacial score (nSPS) is 16.3. The highest BCUT2D eigenvalue weighted by molar-refractivity contribution is 6.30. The van der Waals surface area contributed by atoms with Gasteiger partial charge in [0.1, 0.15) is 5.75 Å². The zero-order chi connectivity index (χ0) is 18.2. The van der Waals surface area contributed by atoms with Crippen molar-refractivity contribution >= 4 is 17.6 Å². The van der Waals surface area contributed by atoms with Crippen LogP contribution in [0.1, 0.15) is 18.9 Å². The minimum absolute atomic E-state index is 0.100. The molecule has 1 atom stereocenters. The third-order valence-corrected chi connectivity index (χ3v) is 4.58. The SMILES string of the molecule is COc1ccc(Cl)cc1CN(C)C(=O)N[C@H](C)CCN1CCOCC1. The summed E-state index contributed by atoms with van der Waals surface area (Å²) in [5.41, 5.74) is 0.883. The lowest BCUT2D eigenvalue weighted by atomic mass is 10.2. The average molecular weight is 370 g/mol. The molecule has 0 bridgehead atoms. The predicted octanol–water partition coefficient (Wildman–Crippen LogP) is 2.60. The molecule has 1 N–H and O–H groups in total. The number of nitrogens with zero attached hydrogens (tertiary/aromatic N) is 2. The molecule has 0 spiro atoms. The van der Waals surface area contributed by atoms with Crippen molar-refractivity contribution in [1.29, 1.82) is 0 Å². The van der Waals surface area contributed by atoms with Crippen molar-refractivity contribution in [2.24, 2.45) is 0 Å².